The molecule has 4 rings (SSSR count). The molecular formula is C23H29ClN4O. The average molecular weight is 413 g/mol. The van der Waals surface area contributed by atoms with Gasteiger partial charge in [-0.05, 0) is 56.7 Å². The molecule has 1 aliphatic heterocycles. The minimum Gasteiger partial charge on any atom is -0.357 e. The topological polar surface area (TPSA) is 58.1 Å². The van der Waals surface area contributed by atoms with Gasteiger partial charge in [-0.2, -0.15) is 0 Å². The first-order valence-electron chi connectivity index (χ1n) is 10.7. The Balaban J connectivity index is 1.49. The lowest BCUT2D eigenvalue weighted by Crippen LogP contribution is -2.42. The van der Waals surface area contributed by atoms with Crippen LogP contribution in [0.3, 0.4) is 0 Å². The van der Waals surface area contributed by atoms with E-state index in [1.807, 2.05) is 37.3 Å². The molecule has 6 heteroatoms. The summed E-state index contributed by atoms with van der Waals surface area (Å²) >= 11 is 6.06. The third kappa shape index (κ3) is 4.40. The van der Waals surface area contributed by atoms with Gasteiger partial charge in [0.2, 0.25) is 5.91 Å². The summed E-state index contributed by atoms with van der Waals surface area (Å²) in [4.78, 5) is 24.9. The minimum atomic E-state index is -0.468. The number of anilines is 1. The van der Waals surface area contributed by atoms with E-state index in [4.69, 9.17) is 16.6 Å². The molecule has 1 aromatic carbocycles. The number of carbonyl (C=O) groups excluding carboxylic acids is 1. The SMILES string of the molecule is Cc1cc(N2CCCCC2)nc(CNC(=O)C2(c3ccc(Cl)cc3)CCCC2)n1. The predicted molar refractivity (Wildman–Crippen MR) is 116 cm³/mol. The van der Waals surface area contributed by atoms with E-state index >= 15 is 0 Å². The zero-order chi connectivity index (χ0) is 20.3. The number of nitrogens with one attached hydrogen (secondary N) is 1. The van der Waals surface area contributed by atoms with Gasteiger partial charge in [0.1, 0.15) is 11.6 Å². The second-order valence-electron chi connectivity index (χ2n) is 8.31. The summed E-state index contributed by atoms with van der Waals surface area (Å²) in [6.45, 7) is 4.44. The third-order valence-corrected chi connectivity index (χ3v) is 6.51. The smallest absolute Gasteiger partial charge is 0.231 e. The molecule has 1 aromatic heterocycles. The van der Waals surface area contributed by atoms with Crippen molar-refractivity contribution >= 4 is 23.3 Å². The van der Waals surface area contributed by atoms with E-state index in [-0.39, 0.29) is 5.91 Å². The van der Waals surface area contributed by atoms with Gasteiger partial charge in [-0.3, -0.25) is 4.79 Å². The molecule has 2 aromatic rings. The normalized spacial score (nSPS) is 18.6. The number of aryl methyl sites for hydroxylation is 1. The molecular weight excluding hydrogens is 384 g/mol. The first-order chi connectivity index (χ1) is 14.1. The quantitative estimate of drug-likeness (QED) is 0.782. The number of hydrogen-bond donors (Lipinski definition) is 1. The van der Waals surface area contributed by atoms with E-state index in [0.717, 1.165) is 55.8 Å². The van der Waals surface area contributed by atoms with Crippen molar-refractivity contribution in [1.29, 1.82) is 0 Å². The van der Waals surface area contributed by atoms with Crippen molar-refractivity contribution < 1.29 is 4.79 Å². The summed E-state index contributed by atoms with van der Waals surface area (Å²) in [5.74, 6) is 1.74. The van der Waals surface area contributed by atoms with Crippen molar-refractivity contribution in [2.24, 2.45) is 0 Å². The standard InChI is InChI=1S/C23H29ClN4O/c1-17-15-21(28-13-5-2-6-14-28)27-20(26-17)16-25-22(29)23(11-3-4-12-23)18-7-9-19(24)10-8-18/h7-10,15H,2-6,11-14,16H2,1H3,(H,25,29). The number of halogens is 1. The van der Waals surface area contributed by atoms with E-state index in [2.05, 4.69) is 15.2 Å². The first kappa shape index (κ1) is 20.1. The van der Waals surface area contributed by atoms with Gasteiger partial charge in [0.05, 0.1) is 12.0 Å². The fourth-order valence-corrected chi connectivity index (χ4v) is 4.83. The van der Waals surface area contributed by atoms with Crippen molar-refractivity contribution in [3.8, 4) is 0 Å². The maximum Gasteiger partial charge on any atom is 0.231 e. The number of amides is 1. The van der Waals surface area contributed by atoms with Crippen LogP contribution in [0.15, 0.2) is 30.3 Å². The molecule has 2 fully saturated rings. The van der Waals surface area contributed by atoms with E-state index in [0.29, 0.717) is 17.4 Å². The Labute approximate surface area is 177 Å². The molecule has 154 valence electrons. The molecule has 29 heavy (non-hydrogen) atoms. The Morgan fingerprint density at radius 2 is 1.76 bits per heavy atom. The maximum absolute atomic E-state index is 13.3. The average Bonchev–Trinajstić information content (AvgIpc) is 3.24. The predicted octanol–water partition coefficient (Wildman–Crippen LogP) is 4.56. The molecule has 1 aliphatic carbocycles. The molecule has 0 bridgehead atoms. The van der Waals surface area contributed by atoms with Crippen molar-refractivity contribution in [2.75, 3.05) is 18.0 Å². The lowest BCUT2D eigenvalue weighted by molar-refractivity contribution is -0.126. The molecule has 1 saturated carbocycles. The zero-order valence-corrected chi connectivity index (χ0v) is 17.8. The molecule has 0 unspecified atom stereocenters. The third-order valence-electron chi connectivity index (χ3n) is 6.26. The zero-order valence-electron chi connectivity index (χ0n) is 17.1. The van der Waals surface area contributed by atoms with Gasteiger partial charge < -0.3 is 10.2 Å². The Morgan fingerprint density at radius 3 is 2.45 bits per heavy atom. The first-order valence-corrected chi connectivity index (χ1v) is 11.1. The van der Waals surface area contributed by atoms with Crippen LogP contribution in [0.2, 0.25) is 5.02 Å². The van der Waals surface area contributed by atoms with Gasteiger partial charge in [0, 0.05) is 29.9 Å². The highest BCUT2D eigenvalue weighted by Gasteiger charge is 2.42. The van der Waals surface area contributed by atoms with Crippen LogP contribution in [0.25, 0.3) is 0 Å². The fourth-order valence-electron chi connectivity index (χ4n) is 4.70. The number of rotatable bonds is 5. The van der Waals surface area contributed by atoms with E-state index in [1.54, 1.807) is 0 Å². The van der Waals surface area contributed by atoms with E-state index in [1.165, 1.54) is 19.3 Å². The molecule has 0 radical (unpaired) electrons. The lowest BCUT2D eigenvalue weighted by Gasteiger charge is -2.29. The lowest BCUT2D eigenvalue weighted by atomic mass is 9.78. The minimum absolute atomic E-state index is 0.0713. The van der Waals surface area contributed by atoms with Crippen molar-refractivity contribution in [3.05, 3.63) is 52.4 Å². The molecule has 2 heterocycles. The summed E-state index contributed by atoms with van der Waals surface area (Å²) in [7, 11) is 0. The maximum atomic E-state index is 13.3. The highest BCUT2D eigenvalue weighted by molar-refractivity contribution is 6.30. The second-order valence-corrected chi connectivity index (χ2v) is 8.75. The molecule has 5 nitrogen and oxygen atoms in total. The summed E-state index contributed by atoms with van der Waals surface area (Å²) in [6.07, 6.45) is 7.57. The van der Waals surface area contributed by atoms with Crippen molar-refractivity contribution in [2.45, 2.75) is 63.8 Å². The van der Waals surface area contributed by atoms with Crippen LogP contribution in [0.1, 0.15) is 62.0 Å². The molecule has 1 N–H and O–H groups in total. The summed E-state index contributed by atoms with van der Waals surface area (Å²) in [5.41, 5.74) is 1.53. The molecule has 1 saturated heterocycles. The Bertz CT molecular complexity index is 856. The fraction of sp³-hybridized carbons (Fsp3) is 0.522. The van der Waals surface area contributed by atoms with Gasteiger partial charge >= 0.3 is 0 Å². The molecule has 1 amide bonds. The number of aromatic nitrogens is 2. The van der Waals surface area contributed by atoms with Gasteiger partial charge in [-0.25, -0.2) is 9.97 Å². The van der Waals surface area contributed by atoms with Gasteiger partial charge in [-0.1, -0.05) is 36.6 Å². The highest BCUT2D eigenvalue weighted by Crippen LogP contribution is 2.41. The number of hydrogen-bond acceptors (Lipinski definition) is 4. The van der Waals surface area contributed by atoms with Crippen molar-refractivity contribution in [3.63, 3.8) is 0 Å². The van der Waals surface area contributed by atoms with Crippen molar-refractivity contribution in [1.82, 2.24) is 15.3 Å². The molecule has 0 atom stereocenters. The summed E-state index contributed by atoms with van der Waals surface area (Å²) in [6, 6.07) is 9.77. The highest BCUT2D eigenvalue weighted by atomic mass is 35.5. The summed E-state index contributed by atoms with van der Waals surface area (Å²) in [5, 5.41) is 3.83. The monoisotopic (exact) mass is 412 g/mol. The van der Waals surface area contributed by atoms with Gasteiger partial charge in [0.15, 0.2) is 0 Å². The number of piperidine rings is 1. The molecule has 0 spiro atoms. The van der Waals surface area contributed by atoms with Crippen LogP contribution in [-0.4, -0.2) is 29.0 Å². The summed E-state index contributed by atoms with van der Waals surface area (Å²) < 4.78 is 0. The van der Waals surface area contributed by atoms with Crippen LogP contribution in [-0.2, 0) is 16.8 Å². The van der Waals surface area contributed by atoms with Crippen LogP contribution in [0, 0.1) is 6.92 Å². The number of benzene rings is 1. The van der Waals surface area contributed by atoms with Crippen LogP contribution in [0.4, 0.5) is 5.82 Å². The van der Waals surface area contributed by atoms with Gasteiger partial charge in [0.25, 0.3) is 0 Å². The number of carbonyl (C=O) groups is 1. The Morgan fingerprint density at radius 1 is 1.07 bits per heavy atom. The second kappa shape index (κ2) is 8.70. The Hall–Kier alpha value is -2.14. The van der Waals surface area contributed by atoms with Crippen LogP contribution < -0.4 is 10.2 Å². The number of nitrogens with zero attached hydrogens (tertiary/aromatic N) is 3. The van der Waals surface area contributed by atoms with E-state index < -0.39 is 5.41 Å². The van der Waals surface area contributed by atoms with E-state index in [9.17, 15) is 4.79 Å². The van der Waals surface area contributed by atoms with Crippen LogP contribution >= 0.6 is 11.6 Å². The Kier molecular flexibility index (Phi) is 6.04. The van der Waals surface area contributed by atoms with Crippen LogP contribution in [0.5, 0.6) is 0 Å². The largest absolute Gasteiger partial charge is 0.357 e. The van der Waals surface area contributed by atoms with Gasteiger partial charge in [-0.15, -0.1) is 0 Å². The molecule has 2 aliphatic rings.